The summed E-state index contributed by atoms with van der Waals surface area (Å²) in [5.74, 6) is 2.07. The van der Waals surface area contributed by atoms with Crippen LogP contribution in [0.2, 0.25) is 5.02 Å². The summed E-state index contributed by atoms with van der Waals surface area (Å²) in [5.41, 5.74) is 0.734. The van der Waals surface area contributed by atoms with Gasteiger partial charge in [-0.1, -0.05) is 49.2 Å². The summed E-state index contributed by atoms with van der Waals surface area (Å²) in [5, 5.41) is 14.0. The highest BCUT2D eigenvalue weighted by atomic mass is 35.5. The molecule has 0 radical (unpaired) electrons. The average molecular weight is 445 g/mol. The van der Waals surface area contributed by atoms with Gasteiger partial charge in [-0.2, -0.15) is 0 Å². The highest BCUT2D eigenvalue weighted by molar-refractivity contribution is 7.99. The van der Waals surface area contributed by atoms with E-state index in [1.54, 1.807) is 12.1 Å². The normalized spacial score (nSPS) is 19.1. The van der Waals surface area contributed by atoms with Gasteiger partial charge in [0, 0.05) is 23.0 Å². The Balaban J connectivity index is 1.49. The second kappa shape index (κ2) is 9.27. The van der Waals surface area contributed by atoms with Crippen molar-refractivity contribution < 1.29 is 9.21 Å². The second-order valence-corrected chi connectivity index (χ2v) is 9.10. The molecule has 2 heterocycles. The zero-order valence-electron chi connectivity index (χ0n) is 16.9. The molecule has 0 saturated heterocycles. The van der Waals surface area contributed by atoms with Gasteiger partial charge < -0.3 is 9.73 Å². The molecule has 6 nitrogen and oxygen atoms in total. The van der Waals surface area contributed by atoms with Crippen molar-refractivity contribution >= 4 is 40.2 Å². The number of hydrogen-bond donors (Lipinski definition) is 1. The molecule has 0 spiro atoms. The van der Waals surface area contributed by atoms with E-state index in [1.807, 2.05) is 22.8 Å². The molecule has 8 heteroatoms. The fourth-order valence-corrected chi connectivity index (χ4v) is 4.84. The van der Waals surface area contributed by atoms with Crippen LogP contribution in [0.3, 0.4) is 0 Å². The van der Waals surface area contributed by atoms with Crippen molar-refractivity contribution in [2.45, 2.75) is 50.4 Å². The monoisotopic (exact) mass is 444 g/mol. The van der Waals surface area contributed by atoms with Crippen LogP contribution in [0.1, 0.15) is 32.6 Å². The molecule has 3 aromatic rings. The maximum atomic E-state index is 12.5. The average Bonchev–Trinajstić information content (AvgIpc) is 3.32. The Labute approximate surface area is 185 Å². The van der Waals surface area contributed by atoms with Gasteiger partial charge in [-0.25, -0.2) is 0 Å². The first-order valence-corrected chi connectivity index (χ1v) is 11.6. The van der Waals surface area contributed by atoms with Gasteiger partial charge in [-0.3, -0.25) is 9.36 Å². The van der Waals surface area contributed by atoms with E-state index in [4.69, 9.17) is 16.0 Å². The van der Waals surface area contributed by atoms with Gasteiger partial charge in [0.25, 0.3) is 0 Å². The smallest absolute Gasteiger partial charge is 0.230 e. The summed E-state index contributed by atoms with van der Waals surface area (Å²) in [4.78, 5) is 12.5. The lowest BCUT2D eigenvalue weighted by Crippen LogP contribution is -2.41. The van der Waals surface area contributed by atoms with E-state index < -0.39 is 0 Å². The second-order valence-electron chi connectivity index (χ2n) is 7.72. The molecule has 2 aromatic heterocycles. The Morgan fingerprint density at radius 1 is 1.37 bits per heavy atom. The van der Waals surface area contributed by atoms with Crippen LogP contribution in [0.5, 0.6) is 0 Å². The summed E-state index contributed by atoms with van der Waals surface area (Å²) in [7, 11) is 0. The first kappa shape index (κ1) is 21.0. The molecule has 1 saturated carbocycles. The number of carbonyl (C=O) groups excluding carboxylic acids is 1. The van der Waals surface area contributed by atoms with Crippen LogP contribution in [0.25, 0.3) is 22.6 Å². The molecular weight excluding hydrogens is 420 g/mol. The number of nitrogens with zero attached hydrogens (tertiary/aromatic N) is 3. The number of carbonyl (C=O) groups is 1. The van der Waals surface area contributed by atoms with Crippen LogP contribution in [-0.4, -0.2) is 32.5 Å². The number of halogens is 1. The molecule has 4 rings (SSSR count). The van der Waals surface area contributed by atoms with E-state index in [2.05, 4.69) is 29.0 Å². The highest BCUT2D eigenvalue weighted by Crippen LogP contribution is 2.31. The zero-order chi connectivity index (χ0) is 21.1. The molecule has 2 unspecified atom stereocenters. The summed E-state index contributed by atoms with van der Waals surface area (Å²) in [6, 6.07) is 7.65. The van der Waals surface area contributed by atoms with Crippen LogP contribution in [0, 0.1) is 5.92 Å². The van der Waals surface area contributed by atoms with Gasteiger partial charge in [0.1, 0.15) is 5.58 Å². The van der Waals surface area contributed by atoms with E-state index in [9.17, 15) is 4.79 Å². The number of nitrogens with one attached hydrogen (secondary N) is 1. The SMILES string of the molecule is C=CCn1c(SCC(=O)NC2CCCCC2C)nnc1-c1cc2cc(Cl)ccc2o1. The summed E-state index contributed by atoms with van der Waals surface area (Å²) in [6.07, 6.45) is 6.45. The standard InChI is InChI=1S/C22H25ClN4O2S/c1-3-10-27-21(19-12-15-11-16(23)8-9-18(15)29-19)25-26-22(27)30-13-20(28)24-17-7-5-4-6-14(17)2/h3,8-9,11-12,14,17H,1,4-7,10,13H2,2H3,(H,24,28). The quantitative estimate of drug-likeness (QED) is 0.394. The van der Waals surface area contributed by atoms with Gasteiger partial charge in [0.2, 0.25) is 11.7 Å². The molecule has 1 aliphatic rings. The fourth-order valence-electron chi connectivity index (χ4n) is 3.91. The molecule has 1 aromatic carbocycles. The van der Waals surface area contributed by atoms with Crippen LogP contribution in [-0.2, 0) is 11.3 Å². The Hall–Kier alpha value is -2.25. The van der Waals surface area contributed by atoms with E-state index >= 15 is 0 Å². The molecule has 1 fully saturated rings. The maximum absolute atomic E-state index is 12.5. The first-order chi connectivity index (χ1) is 14.5. The predicted molar refractivity (Wildman–Crippen MR) is 121 cm³/mol. The van der Waals surface area contributed by atoms with Crippen molar-refractivity contribution in [2.75, 3.05) is 5.75 Å². The lowest BCUT2D eigenvalue weighted by molar-refractivity contribution is -0.119. The number of hydrogen-bond acceptors (Lipinski definition) is 5. The van der Waals surface area contributed by atoms with E-state index in [0.29, 0.717) is 40.0 Å². The molecule has 0 aliphatic heterocycles. The lowest BCUT2D eigenvalue weighted by Gasteiger charge is -2.29. The van der Waals surface area contributed by atoms with Gasteiger partial charge in [0.05, 0.1) is 5.75 Å². The molecule has 1 N–H and O–H groups in total. The number of benzene rings is 1. The third kappa shape index (κ3) is 4.57. The number of aromatic nitrogens is 3. The van der Waals surface area contributed by atoms with Crippen LogP contribution in [0.4, 0.5) is 0 Å². The molecule has 0 bridgehead atoms. The Morgan fingerprint density at radius 2 is 2.20 bits per heavy atom. The molecule has 2 atom stereocenters. The highest BCUT2D eigenvalue weighted by Gasteiger charge is 2.23. The number of furan rings is 1. The van der Waals surface area contributed by atoms with Crippen molar-refractivity contribution in [1.82, 2.24) is 20.1 Å². The molecule has 30 heavy (non-hydrogen) atoms. The number of rotatable bonds is 7. The van der Waals surface area contributed by atoms with Crippen molar-refractivity contribution in [1.29, 1.82) is 0 Å². The Morgan fingerprint density at radius 3 is 3.00 bits per heavy atom. The van der Waals surface area contributed by atoms with Gasteiger partial charge in [-0.15, -0.1) is 16.8 Å². The summed E-state index contributed by atoms with van der Waals surface area (Å²) < 4.78 is 7.85. The van der Waals surface area contributed by atoms with Crippen molar-refractivity contribution in [3.63, 3.8) is 0 Å². The van der Waals surface area contributed by atoms with E-state index in [1.165, 1.54) is 31.0 Å². The lowest BCUT2D eigenvalue weighted by atomic mass is 9.86. The van der Waals surface area contributed by atoms with Crippen LogP contribution < -0.4 is 5.32 Å². The van der Waals surface area contributed by atoms with Gasteiger partial charge >= 0.3 is 0 Å². The number of fused-ring (bicyclic) bond motifs is 1. The Bertz CT molecular complexity index is 1060. The number of allylic oxidation sites excluding steroid dienone is 1. The molecule has 1 aliphatic carbocycles. The zero-order valence-corrected chi connectivity index (χ0v) is 18.5. The van der Waals surface area contributed by atoms with Gasteiger partial charge in [0.15, 0.2) is 10.9 Å². The Kier molecular flexibility index (Phi) is 6.49. The predicted octanol–water partition coefficient (Wildman–Crippen LogP) is 5.32. The van der Waals surface area contributed by atoms with Crippen molar-refractivity contribution in [3.05, 3.63) is 41.9 Å². The third-order valence-corrected chi connectivity index (χ3v) is 6.72. The van der Waals surface area contributed by atoms with E-state index in [-0.39, 0.29) is 11.9 Å². The fraction of sp³-hybridized carbons (Fsp3) is 0.409. The molecule has 158 valence electrons. The van der Waals surface area contributed by atoms with Crippen LogP contribution >= 0.6 is 23.4 Å². The summed E-state index contributed by atoms with van der Waals surface area (Å²) in [6.45, 7) is 6.56. The minimum atomic E-state index is 0.0341. The molecular formula is C22H25ClN4O2S. The van der Waals surface area contributed by atoms with Crippen molar-refractivity contribution in [2.24, 2.45) is 5.92 Å². The van der Waals surface area contributed by atoms with Crippen LogP contribution in [0.15, 0.2) is 46.5 Å². The maximum Gasteiger partial charge on any atom is 0.230 e. The number of thioether (sulfide) groups is 1. The summed E-state index contributed by atoms with van der Waals surface area (Å²) >= 11 is 7.46. The minimum Gasteiger partial charge on any atom is -0.453 e. The first-order valence-electron chi connectivity index (χ1n) is 10.2. The third-order valence-electron chi connectivity index (χ3n) is 5.52. The topological polar surface area (TPSA) is 73.0 Å². The van der Waals surface area contributed by atoms with Crippen molar-refractivity contribution in [3.8, 4) is 11.6 Å². The van der Waals surface area contributed by atoms with E-state index in [0.717, 1.165) is 17.4 Å². The molecule has 1 amide bonds. The largest absolute Gasteiger partial charge is 0.453 e. The minimum absolute atomic E-state index is 0.0341. The van der Waals surface area contributed by atoms with Gasteiger partial charge in [-0.05, 0) is 43.0 Å². The number of amides is 1.